The Morgan fingerprint density at radius 1 is 1.06 bits per heavy atom. The second-order valence-corrected chi connectivity index (χ2v) is 6.71. The Labute approximate surface area is 118 Å². The molecule has 1 aliphatic carbocycles. The highest BCUT2D eigenvalue weighted by Crippen LogP contribution is 2.34. The maximum atomic E-state index is 3.61. The van der Waals surface area contributed by atoms with Crippen LogP contribution in [-0.2, 0) is 0 Å². The maximum absolute atomic E-state index is 3.61. The normalized spacial score (nSPS) is 41.2. The van der Waals surface area contributed by atoms with E-state index in [0.717, 1.165) is 23.9 Å². The lowest BCUT2D eigenvalue weighted by Gasteiger charge is -2.35. The lowest BCUT2D eigenvalue weighted by atomic mass is 9.82. The molecule has 0 aromatic carbocycles. The van der Waals surface area contributed by atoms with Crippen LogP contribution in [-0.4, -0.2) is 36.6 Å². The zero-order chi connectivity index (χ0) is 11.7. The van der Waals surface area contributed by atoms with Gasteiger partial charge in [0, 0.05) is 25.2 Å². The van der Waals surface area contributed by atoms with Gasteiger partial charge in [0.1, 0.15) is 0 Å². The first-order valence-electron chi connectivity index (χ1n) is 7.79. The van der Waals surface area contributed by atoms with Crippen LogP contribution in [0.25, 0.3) is 0 Å². The van der Waals surface area contributed by atoms with Gasteiger partial charge in [-0.15, -0.1) is 12.4 Å². The van der Waals surface area contributed by atoms with E-state index >= 15 is 0 Å². The lowest BCUT2D eigenvalue weighted by Crippen LogP contribution is -2.41. The van der Waals surface area contributed by atoms with E-state index in [9.17, 15) is 0 Å². The highest BCUT2D eigenvalue weighted by atomic mass is 35.5. The number of rotatable bonds is 2. The monoisotopic (exact) mass is 272 g/mol. The summed E-state index contributed by atoms with van der Waals surface area (Å²) in [4.78, 5) is 2.88. The third kappa shape index (κ3) is 3.20. The Morgan fingerprint density at radius 2 is 1.89 bits per heavy atom. The number of halogens is 1. The third-order valence-corrected chi connectivity index (χ3v) is 5.32. The molecule has 2 nitrogen and oxygen atoms in total. The van der Waals surface area contributed by atoms with E-state index in [1.54, 1.807) is 0 Å². The molecule has 0 radical (unpaired) electrons. The summed E-state index contributed by atoms with van der Waals surface area (Å²) in [6.45, 7) is 6.35. The van der Waals surface area contributed by atoms with Crippen LogP contribution in [0.2, 0.25) is 0 Å². The van der Waals surface area contributed by atoms with E-state index in [4.69, 9.17) is 0 Å². The average molecular weight is 273 g/mol. The van der Waals surface area contributed by atoms with E-state index in [1.807, 2.05) is 0 Å². The molecule has 2 aliphatic heterocycles. The number of fused-ring (bicyclic) bond motifs is 2. The Balaban J connectivity index is 0.00000120. The summed E-state index contributed by atoms with van der Waals surface area (Å²) in [6.07, 6.45) is 10.2. The van der Waals surface area contributed by atoms with Crippen LogP contribution in [0, 0.1) is 11.8 Å². The molecule has 0 aromatic rings. The summed E-state index contributed by atoms with van der Waals surface area (Å²) in [5.74, 6) is 1.98. The summed E-state index contributed by atoms with van der Waals surface area (Å²) in [7, 11) is 0. The van der Waals surface area contributed by atoms with Gasteiger partial charge in [-0.3, -0.25) is 4.90 Å². The second-order valence-electron chi connectivity index (χ2n) is 6.71. The number of hydrogen-bond donors (Lipinski definition) is 1. The fourth-order valence-corrected chi connectivity index (χ4v) is 4.40. The molecule has 18 heavy (non-hydrogen) atoms. The second kappa shape index (κ2) is 6.58. The van der Waals surface area contributed by atoms with Gasteiger partial charge in [0.15, 0.2) is 0 Å². The molecule has 2 heterocycles. The fourth-order valence-electron chi connectivity index (χ4n) is 4.40. The van der Waals surface area contributed by atoms with Crippen LogP contribution in [0.5, 0.6) is 0 Å². The molecule has 4 unspecified atom stereocenters. The Bertz CT molecular complexity index is 245. The van der Waals surface area contributed by atoms with Crippen LogP contribution < -0.4 is 5.32 Å². The summed E-state index contributed by atoms with van der Waals surface area (Å²) in [6, 6.07) is 1.77. The van der Waals surface area contributed by atoms with Gasteiger partial charge in [-0.25, -0.2) is 0 Å². The summed E-state index contributed by atoms with van der Waals surface area (Å²) in [5, 5.41) is 3.61. The van der Waals surface area contributed by atoms with E-state index in [-0.39, 0.29) is 12.4 Å². The van der Waals surface area contributed by atoms with Crippen molar-refractivity contribution < 1.29 is 0 Å². The predicted octanol–water partition coefficient (Wildman–Crippen LogP) is 3.06. The summed E-state index contributed by atoms with van der Waals surface area (Å²) >= 11 is 0. The fraction of sp³-hybridized carbons (Fsp3) is 1.00. The molecular formula is C15H29ClN2. The van der Waals surface area contributed by atoms with Crippen LogP contribution in [0.3, 0.4) is 0 Å². The van der Waals surface area contributed by atoms with Gasteiger partial charge in [-0.05, 0) is 50.5 Å². The predicted molar refractivity (Wildman–Crippen MR) is 79.4 cm³/mol. The maximum Gasteiger partial charge on any atom is 0.0224 e. The van der Waals surface area contributed by atoms with Crippen molar-refractivity contribution in [1.29, 1.82) is 0 Å². The van der Waals surface area contributed by atoms with Crippen molar-refractivity contribution in [1.82, 2.24) is 10.2 Å². The van der Waals surface area contributed by atoms with Gasteiger partial charge in [-0.2, -0.15) is 0 Å². The molecule has 0 amide bonds. The van der Waals surface area contributed by atoms with Gasteiger partial charge in [0.05, 0.1) is 0 Å². The molecule has 1 saturated carbocycles. The highest BCUT2D eigenvalue weighted by Gasteiger charge is 2.36. The first-order valence-corrected chi connectivity index (χ1v) is 7.79. The number of nitrogens with one attached hydrogen (secondary N) is 1. The van der Waals surface area contributed by atoms with Crippen molar-refractivity contribution in [3.05, 3.63) is 0 Å². The van der Waals surface area contributed by atoms with Gasteiger partial charge in [0.25, 0.3) is 0 Å². The highest BCUT2D eigenvalue weighted by molar-refractivity contribution is 5.85. The first kappa shape index (κ1) is 14.6. The molecule has 3 heteroatoms. The zero-order valence-corrected chi connectivity index (χ0v) is 12.6. The minimum absolute atomic E-state index is 0. The van der Waals surface area contributed by atoms with Crippen molar-refractivity contribution in [2.24, 2.45) is 11.8 Å². The van der Waals surface area contributed by atoms with Crippen LogP contribution in [0.1, 0.15) is 51.9 Å². The SMILES string of the molecule is CC1CCCC(CN2C3CCNCC2CC3)C1.Cl. The largest absolute Gasteiger partial charge is 0.315 e. The third-order valence-electron chi connectivity index (χ3n) is 5.32. The number of hydrogen-bond acceptors (Lipinski definition) is 2. The van der Waals surface area contributed by atoms with Crippen molar-refractivity contribution in [3.63, 3.8) is 0 Å². The molecule has 3 rings (SSSR count). The van der Waals surface area contributed by atoms with Crippen molar-refractivity contribution in [2.45, 2.75) is 64.0 Å². The van der Waals surface area contributed by atoms with Gasteiger partial charge in [0.2, 0.25) is 0 Å². The quantitative estimate of drug-likeness (QED) is 0.831. The molecule has 2 saturated heterocycles. The number of nitrogens with zero attached hydrogens (tertiary/aromatic N) is 1. The Morgan fingerprint density at radius 3 is 2.72 bits per heavy atom. The standard InChI is InChI=1S/C15H28N2.ClH/c1-12-3-2-4-13(9-12)11-17-14-5-6-15(17)10-16-8-7-14;/h12-16H,2-11H2,1H3;1H. The van der Waals surface area contributed by atoms with E-state index < -0.39 is 0 Å². The minimum atomic E-state index is 0. The van der Waals surface area contributed by atoms with Gasteiger partial charge >= 0.3 is 0 Å². The molecule has 106 valence electrons. The summed E-state index contributed by atoms with van der Waals surface area (Å²) < 4.78 is 0. The van der Waals surface area contributed by atoms with Crippen LogP contribution in [0.4, 0.5) is 0 Å². The molecule has 3 fully saturated rings. The zero-order valence-electron chi connectivity index (χ0n) is 11.7. The average Bonchev–Trinajstić information content (AvgIpc) is 2.52. The lowest BCUT2D eigenvalue weighted by molar-refractivity contribution is 0.138. The topological polar surface area (TPSA) is 15.3 Å². The molecular weight excluding hydrogens is 244 g/mol. The molecule has 0 aromatic heterocycles. The van der Waals surface area contributed by atoms with Crippen molar-refractivity contribution in [3.8, 4) is 0 Å². The Hall–Kier alpha value is 0.210. The van der Waals surface area contributed by atoms with Crippen molar-refractivity contribution >= 4 is 12.4 Å². The van der Waals surface area contributed by atoms with Crippen LogP contribution >= 0.6 is 12.4 Å². The minimum Gasteiger partial charge on any atom is -0.315 e. The smallest absolute Gasteiger partial charge is 0.0224 e. The molecule has 3 aliphatic rings. The van der Waals surface area contributed by atoms with E-state index in [0.29, 0.717) is 0 Å². The van der Waals surface area contributed by atoms with Crippen molar-refractivity contribution in [2.75, 3.05) is 19.6 Å². The van der Waals surface area contributed by atoms with E-state index in [1.165, 1.54) is 64.6 Å². The molecule has 1 N–H and O–H groups in total. The Kier molecular flexibility index (Phi) is 5.35. The molecule has 2 bridgehead atoms. The van der Waals surface area contributed by atoms with Gasteiger partial charge in [-0.1, -0.05) is 19.8 Å². The first-order chi connectivity index (χ1) is 8.33. The van der Waals surface area contributed by atoms with E-state index in [2.05, 4.69) is 17.1 Å². The van der Waals surface area contributed by atoms with Gasteiger partial charge < -0.3 is 5.32 Å². The summed E-state index contributed by atoms with van der Waals surface area (Å²) in [5.41, 5.74) is 0. The molecule has 4 atom stereocenters. The van der Waals surface area contributed by atoms with Crippen LogP contribution in [0.15, 0.2) is 0 Å². The molecule has 0 spiro atoms.